The smallest absolute Gasteiger partial charge is 0.331 e. The summed E-state index contributed by atoms with van der Waals surface area (Å²) in [6.07, 6.45) is 2.74. The Balaban J connectivity index is 2.63. The van der Waals surface area contributed by atoms with Crippen LogP contribution in [0.2, 0.25) is 0 Å². The van der Waals surface area contributed by atoms with Gasteiger partial charge in [0.1, 0.15) is 0 Å². The first-order valence-corrected chi connectivity index (χ1v) is 5.73. The molecule has 1 rings (SSSR count). The van der Waals surface area contributed by atoms with Crippen molar-refractivity contribution in [1.82, 2.24) is 0 Å². The van der Waals surface area contributed by atoms with Gasteiger partial charge in [-0.1, -0.05) is 36.4 Å². The van der Waals surface area contributed by atoms with Crippen molar-refractivity contribution in [2.24, 2.45) is 0 Å². The molecule has 0 aromatic heterocycles. The largest absolute Gasteiger partial charge is 0.478 e. The fourth-order valence-electron chi connectivity index (χ4n) is 1.79. The van der Waals surface area contributed by atoms with Crippen LogP contribution in [0, 0.1) is 0 Å². The number of carboxylic acid groups (broad SMARTS) is 1. The summed E-state index contributed by atoms with van der Waals surface area (Å²) in [5, 5.41) is 18.2. The summed E-state index contributed by atoms with van der Waals surface area (Å²) in [6.45, 7) is 1.76. The SMILES string of the molecule is CC=C(CCC(CO)c1ccccc1)C(=O)O. The number of carboxylic acids is 1. The minimum absolute atomic E-state index is 0.00509. The normalized spacial score (nSPS) is 13.4. The molecule has 0 saturated heterocycles. The highest BCUT2D eigenvalue weighted by molar-refractivity contribution is 5.86. The molecule has 0 heterocycles. The van der Waals surface area contributed by atoms with Crippen LogP contribution >= 0.6 is 0 Å². The fourth-order valence-corrected chi connectivity index (χ4v) is 1.79. The van der Waals surface area contributed by atoms with Crippen molar-refractivity contribution in [3.05, 3.63) is 47.5 Å². The van der Waals surface area contributed by atoms with Crippen molar-refractivity contribution in [2.75, 3.05) is 6.61 Å². The molecule has 0 bridgehead atoms. The summed E-state index contributed by atoms with van der Waals surface area (Å²) in [4.78, 5) is 10.8. The van der Waals surface area contributed by atoms with E-state index in [9.17, 15) is 9.90 Å². The molecule has 92 valence electrons. The second-order valence-corrected chi connectivity index (χ2v) is 3.95. The van der Waals surface area contributed by atoms with Crippen molar-refractivity contribution in [3.8, 4) is 0 Å². The number of aliphatic carboxylic acids is 1. The predicted octanol–water partition coefficient (Wildman–Crippen LogP) is 2.57. The Hall–Kier alpha value is -1.61. The number of aliphatic hydroxyl groups excluding tert-OH is 1. The molecule has 3 nitrogen and oxygen atoms in total. The van der Waals surface area contributed by atoms with Gasteiger partial charge in [0.25, 0.3) is 0 Å². The maximum atomic E-state index is 10.8. The van der Waals surface area contributed by atoms with Gasteiger partial charge in [-0.25, -0.2) is 4.79 Å². The van der Waals surface area contributed by atoms with E-state index in [0.29, 0.717) is 18.4 Å². The van der Waals surface area contributed by atoms with E-state index >= 15 is 0 Å². The van der Waals surface area contributed by atoms with Gasteiger partial charge in [0.2, 0.25) is 0 Å². The van der Waals surface area contributed by atoms with E-state index in [4.69, 9.17) is 5.11 Å². The number of rotatable bonds is 6. The standard InChI is InChI=1S/C14H18O3/c1-2-11(14(16)17)8-9-13(10-15)12-6-4-3-5-7-12/h2-7,13,15H,8-10H2,1H3,(H,16,17). The summed E-state index contributed by atoms with van der Waals surface area (Å²) in [6, 6.07) is 9.68. The molecular weight excluding hydrogens is 216 g/mol. The Morgan fingerprint density at radius 1 is 1.35 bits per heavy atom. The first-order chi connectivity index (χ1) is 8.19. The number of hydrogen-bond acceptors (Lipinski definition) is 2. The van der Waals surface area contributed by atoms with Gasteiger partial charge in [-0.15, -0.1) is 0 Å². The third-order valence-corrected chi connectivity index (χ3v) is 2.88. The van der Waals surface area contributed by atoms with Crippen molar-refractivity contribution in [3.63, 3.8) is 0 Å². The van der Waals surface area contributed by atoms with E-state index < -0.39 is 5.97 Å². The van der Waals surface area contributed by atoms with Crippen LogP contribution in [0.3, 0.4) is 0 Å². The highest BCUT2D eigenvalue weighted by Gasteiger charge is 2.13. The molecule has 0 aliphatic heterocycles. The highest BCUT2D eigenvalue weighted by atomic mass is 16.4. The lowest BCUT2D eigenvalue weighted by molar-refractivity contribution is -0.132. The second-order valence-electron chi connectivity index (χ2n) is 3.95. The zero-order valence-electron chi connectivity index (χ0n) is 9.97. The van der Waals surface area contributed by atoms with Crippen molar-refractivity contribution in [1.29, 1.82) is 0 Å². The van der Waals surface area contributed by atoms with Crippen LogP contribution in [0.5, 0.6) is 0 Å². The van der Waals surface area contributed by atoms with Crippen LogP contribution in [-0.4, -0.2) is 22.8 Å². The summed E-state index contributed by atoms with van der Waals surface area (Å²) in [5.41, 5.74) is 1.45. The van der Waals surface area contributed by atoms with Crippen molar-refractivity contribution < 1.29 is 15.0 Å². The third kappa shape index (κ3) is 4.04. The molecule has 1 aromatic rings. The monoisotopic (exact) mass is 234 g/mol. The van der Waals surface area contributed by atoms with E-state index in [0.717, 1.165) is 5.56 Å². The molecule has 1 aromatic carbocycles. The zero-order chi connectivity index (χ0) is 12.7. The molecule has 2 N–H and O–H groups in total. The first-order valence-electron chi connectivity index (χ1n) is 5.73. The Labute approximate surface area is 101 Å². The van der Waals surface area contributed by atoms with Crippen LogP contribution in [-0.2, 0) is 4.79 Å². The Bertz CT molecular complexity index is 382. The van der Waals surface area contributed by atoms with Crippen LogP contribution in [0.4, 0.5) is 0 Å². The topological polar surface area (TPSA) is 57.5 Å². The van der Waals surface area contributed by atoms with E-state index in [1.165, 1.54) is 0 Å². The van der Waals surface area contributed by atoms with E-state index in [2.05, 4.69) is 0 Å². The quantitative estimate of drug-likeness (QED) is 0.744. The molecule has 3 heteroatoms. The lowest BCUT2D eigenvalue weighted by atomic mass is 9.93. The molecular formula is C14H18O3. The average molecular weight is 234 g/mol. The Kier molecular flexibility index (Phi) is 5.43. The van der Waals surface area contributed by atoms with Crippen LogP contribution in [0.1, 0.15) is 31.2 Å². The van der Waals surface area contributed by atoms with Crippen LogP contribution in [0.25, 0.3) is 0 Å². The lowest BCUT2D eigenvalue weighted by Crippen LogP contribution is -2.07. The average Bonchev–Trinajstić information content (AvgIpc) is 2.35. The third-order valence-electron chi connectivity index (χ3n) is 2.88. The number of carbonyl (C=O) groups is 1. The van der Waals surface area contributed by atoms with E-state index in [1.54, 1.807) is 13.0 Å². The fraction of sp³-hybridized carbons (Fsp3) is 0.357. The van der Waals surface area contributed by atoms with E-state index in [1.807, 2.05) is 30.3 Å². The maximum Gasteiger partial charge on any atom is 0.331 e. The minimum Gasteiger partial charge on any atom is -0.478 e. The number of hydrogen-bond donors (Lipinski definition) is 2. The number of benzene rings is 1. The molecule has 17 heavy (non-hydrogen) atoms. The van der Waals surface area contributed by atoms with Gasteiger partial charge in [-0.05, 0) is 25.3 Å². The number of aliphatic hydroxyl groups is 1. The van der Waals surface area contributed by atoms with Gasteiger partial charge >= 0.3 is 5.97 Å². The highest BCUT2D eigenvalue weighted by Crippen LogP contribution is 2.22. The molecule has 0 spiro atoms. The van der Waals surface area contributed by atoms with Gasteiger partial charge in [0.15, 0.2) is 0 Å². The molecule has 1 atom stereocenters. The maximum absolute atomic E-state index is 10.8. The lowest BCUT2D eigenvalue weighted by Gasteiger charge is -2.14. The van der Waals surface area contributed by atoms with Gasteiger partial charge in [-0.3, -0.25) is 0 Å². The summed E-state index contributed by atoms with van der Waals surface area (Å²) in [5.74, 6) is -0.872. The number of allylic oxidation sites excluding steroid dienone is 1. The van der Waals surface area contributed by atoms with Gasteiger partial charge < -0.3 is 10.2 Å². The Morgan fingerprint density at radius 3 is 2.47 bits per heavy atom. The molecule has 0 saturated carbocycles. The van der Waals surface area contributed by atoms with Gasteiger partial charge in [-0.2, -0.15) is 0 Å². The predicted molar refractivity (Wildman–Crippen MR) is 66.9 cm³/mol. The molecule has 1 unspecified atom stereocenters. The molecule has 0 aliphatic carbocycles. The van der Waals surface area contributed by atoms with Gasteiger partial charge in [0.05, 0.1) is 0 Å². The van der Waals surface area contributed by atoms with Crippen molar-refractivity contribution in [2.45, 2.75) is 25.7 Å². The van der Waals surface area contributed by atoms with Crippen molar-refractivity contribution >= 4 is 5.97 Å². The summed E-state index contributed by atoms with van der Waals surface area (Å²) in [7, 11) is 0. The molecule has 0 aliphatic rings. The summed E-state index contributed by atoms with van der Waals surface area (Å²) >= 11 is 0. The van der Waals surface area contributed by atoms with E-state index in [-0.39, 0.29) is 12.5 Å². The second kappa shape index (κ2) is 6.86. The Morgan fingerprint density at radius 2 is 2.00 bits per heavy atom. The van der Waals surface area contributed by atoms with Crippen LogP contribution < -0.4 is 0 Å². The van der Waals surface area contributed by atoms with Crippen LogP contribution in [0.15, 0.2) is 42.0 Å². The minimum atomic E-state index is -0.878. The molecule has 0 radical (unpaired) electrons. The molecule has 0 fully saturated rings. The summed E-state index contributed by atoms with van der Waals surface area (Å²) < 4.78 is 0. The zero-order valence-corrected chi connectivity index (χ0v) is 9.97. The molecule has 0 amide bonds. The first kappa shape index (κ1) is 13.5. The van der Waals surface area contributed by atoms with Gasteiger partial charge in [0, 0.05) is 18.1 Å².